The van der Waals surface area contributed by atoms with Gasteiger partial charge in [0.15, 0.2) is 0 Å². The van der Waals surface area contributed by atoms with Gasteiger partial charge in [0.25, 0.3) is 0 Å². The topological polar surface area (TPSA) is 35.9 Å². The monoisotopic (exact) mass is 492 g/mol. The molecule has 2 fully saturated rings. The molecule has 198 valence electrons. The smallest absolute Gasteiger partial charge is 0.142 e. The number of piperazine rings is 1. The van der Waals surface area contributed by atoms with E-state index in [2.05, 4.69) is 58.3 Å². The first kappa shape index (κ1) is 27.0. The SMILES string of the molecule is COc1ccccc1N1CCN(CCC(c2ccccc2)C2(O)CCCCCCCCCCC2)CC1. The number of nitrogens with zero attached hydrogens (tertiary/aromatic N) is 2. The molecule has 36 heavy (non-hydrogen) atoms. The number of aliphatic hydroxyl groups is 1. The van der Waals surface area contributed by atoms with Crippen molar-refractivity contribution in [1.29, 1.82) is 0 Å². The summed E-state index contributed by atoms with van der Waals surface area (Å²) in [6, 6.07) is 19.2. The highest BCUT2D eigenvalue weighted by molar-refractivity contribution is 5.58. The van der Waals surface area contributed by atoms with E-state index in [-0.39, 0.29) is 5.92 Å². The van der Waals surface area contributed by atoms with Crippen LogP contribution in [0.3, 0.4) is 0 Å². The average Bonchev–Trinajstić information content (AvgIpc) is 2.92. The zero-order chi connectivity index (χ0) is 25.1. The van der Waals surface area contributed by atoms with Gasteiger partial charge in [-0.2, -0.15) is 0 Å². The van der Waals surface area contributed by atoms with E-state index in [4.69, 9.17) is 4.74 Å². The van der Waals surface area contributed by atoms with Crippen LogP contribution in [0.5, 0.6) is 5.75 Å². The van der Waals surface area contributed by atoms with Crippen molar-refractivity contribution >= 4 is 5.69 Å². The molecule has 1 N–H and O–H groups in total. The number of ether oxygens (including phenoxy) is 1. The maximum Gasteiger partial charge on any atom is 0.142 e. The number of anilines is 1. The summed E-state index contributed by atoms with van der Waals surface area (Å²) in [7, 11) is 1.76. The summed E-state index contributed by atoms with van der Waals surface area (Å²) in [5.74, 6) is 1.16. The van der Waals surface area contributed by atoms with E-state index in [0.29, 0.717) is 0 Å². The normalized spacial score (nSPS) is 21.2. The first-order chi connectivity index (χ1) is 17.7. The molecule has 1 saturated heterocycles. The molecule has 0 amide bonds. The molecule has 2 aliphatic rings. The van der Waals surface area contributed by atoms with Crippen molar-refractivity contribution in [1.82, 2.24) is 4.90 Å². The third-order valence-electron chi connectivity index (χ3n) is 8.60. The van der Waals surface area contributed by atoms with Crippen LogP contribution in [0, 0.1) is 0 Å². The molecule has 0 spiro atoms. The lowest BCUT2D eigenvalue weighted by Crippen LogP contribution is -2.47. The van der Waals surface area contributed by atoms with Gasteiger partial charge in [0, 0.05) is 32.1 Å². The van der Waals surface area contributed by atoms with Crippen molar-refractivity contribution in [2.75, 3.05) is 44.7 Å². The molecule has 2 aromatic carbocycles. The maximum absolute atomic E-state index is 12.2. The van der Waals surface area contributed by atoms with Gasteiger partial charge in [0.05, 0.1) is 18.4 Å². The Hall–Kier alpha value is -2.04. The molecule has 1 heterocycles. The van der Waals surface area contributed by atoms with E-state index in [9.17, 15) is 5.11 Å². The Morgan fingerprint density at radius 2 is 1.31 bits per heavy atom. The van der Waals surface area contributed by atoms with Crippen LogP contribution in [-0.2, 0) is 0 Å². The molecule has 0 radical (unpaired) electrons. The van der Waals surface area contributed by atoms with E-state index in [0.717, 1.165) is 70.6 Å². The van der Waals surface area contributed by atoms with Crippen LogP contribution in [0.2, 0.25) is 0 Å². The quantitative estimate of drug-likeness (QED) is 0.450. The number of methoxy groups -OCH3 is 1. The maximum atomic E-state index is 12.2. The third-order valence-corrected chi connectivity index (χ3v) is 8.60. The second-order valence-electron chi connectivity index (χ2n) is 11.0. The largest absolute Gasteiger partial charge is 0.495 e. The molecule has 2 aromatic rings. The van der Waals surface area contributed by atoms with Gasteiger partial charge in [-0.1, -0.05) is 100 Å². The molecule has 4 heteroatoms. The summed E-state index contributed by atoms with van der Waals surface area (Å²) in [6.45, 7) is 5.18. The summed E-state index contributed by atoms with van der Waals surface area (Å²) in [6.07, 6.45) is 14.5. The minimum absolute atomic E-state index is 0.203. The van der Waals surface area contributed by atoms with Gasteiger partial charge in [-0.15, -0.1) is 0 Å². The fraction of sp³-hybridized carbons (Fsp3) is 0.625. The van der Waals surface area contributed by atoms with Crippen molar-refractivity contribution in [2.24, 2.45) is 0 Å². The molecule has 0 bridgehead atoms. The first-order valence-corrected chi connectivity index (χ1v) is 14.6. The van der Waals surface area contributed by atoms with Gasteiger partial charge in [0.1, 0.15) is 5.75 Å². The lowest BCUT2D eigenvalue weighted by atomic mass is 9.73. The number of benzene rings is 2. The number of hydrogen-bond acceptors (Lipinski definition) is 4. The van der Waals surface area contributed by atoms with Crippen LogP contribution in [0.1, 0.15) is 88.5 Å². The molecule has 0 aromatic heterocycles. The van der Waals surface area contributed by atoms with Gasteiger partial charge in [-0.25, -0.2) is 0 Å². The van der Waals surface area contributed by atoms with Crippen LogP contribution in [0.4, 0.5) is 5.69 Å². The summed E-state index contributed by atoms with van der Waals surface area (Å²) in [5.41, 5.74) is 1.92. The molecular formula is C32H48N2O2. The van der Waals surface area contributed by atoms with Crippen LogP contribution >= 0.6 is 0 Å². The summed E-state index contributed by atoms with van der Waals surface area (Å²) >= 11 is 0. The Bertz CT molecular complexity index is 867. The van der Waals surface area contributed by atoms with Gasteiger partial charge in [-0.3, -0.25) is 4.90 Å². The standard InChI is InChI=1S/C32H48N2O2/c1-36-31-19-13-12-18-30(31)34-26-24-33(25-27-34)23-20-29(28-16-10-9-11-17-28)32(35)21-14-7-5-3-2-4-6-8-15-22-32/h9-13,16-19,29,35H,2-8,14-15,20-27H2,1H3. The highest BCUT2D eigenvalue weighted by atomic mass is 16.5. The second kappa shape index (κ2) is 14.0. The molecule has 1 aliphatic carbocycles. The molecular weight excluding hydrogens is 444 g/mol. The predicted molar refractivity (Wildman–Crippen MR) is 151 cm³/mol. The minimum atomic E-state index is -0.597. The van der Waals surface area contributed by atoms with Gasteiger partial charge >= 0.3 is 0 Å². The van der Waals surface area contributed by atoms with Crippen molar-refractivity contribution in [2.45, 2.75) is 88.6 Å². The zero-order valence-corrected chi connectivity index (χ0v) is 22.5. The Morgan fingerprint density at radius 1 is 0.750 bits per heavy atom. The number of rotatable bonds is 7. The Morgan fingerprint density at radius 3 is 1.92 bits per heavy atom. The Labute approximate surface area is 219 Å². The van der Waals surface area contributed by atoms with E-state index in [1.807, 2.05) is 6.07 Å². The van der Waals surface area contributed by atoms with Gasteiger partial charge in [-0.05, 0) is 43.5 Å². The molecule has 1 saturated carbocycles. The fourth-order valence-electron chi connectivity index (χ4n) is 6.42. The van der Waals surface area contributed by atoms with Crippen LogP contribution in [-0.4, -0.2) is 55.4 Å². The lowest BCUT2D eigenvalue weighted by Gasteiger charge is -2.40. The Kier molecular flexibility index (Phi) is 10.5. The van der Waals surface area contributed by atoms with E-state index < -0.39 is 5.60 Å². The van der Waals surface area contributed by atoms with E-state index in [1.54, 1.807) is 7.11 Å². The third kappa shape index (κ3) is 7.49. The van der Waals surface area contributed by atoms with E-state index >= 15 is 0 Å². The number of para-hydroxylation sites is 2. The first-order valence-electron chi connectivity index (χ1n) is 14.6. The fourth-order valence-corrected chi connectivity index (χ4v) is 6.42. The molecule has 1 aliphatic heterocycles. The lowest BCUT2D eigenvalue weighted by molar-refractivity contribution is -0.0146. The molecule has 1 unspecified atom stereocenters. The molecule has 1 atom stereocenters. The van der Waals surface area contributed by atoms with E-state index in [1.165, 1.54) is 56.2 Å². The second-order valence-corrected chi connectivity index (χ2v) is 11.0. The molecule has 4 nitrogen and oxygen atoms in total. The van der Waals surface area contributed by atoms with Crippen LogP contribution in [0.25, 0.3) is 0 Å². The van der Waals surface area contributed by atoms with Crippen molar-refractivity contribution in [3.8, 4) is 5.75 Å². The molecule has 4 rings (SSSR count). The Balaban J connectivity index is 1.40. The van der Waals surface area contributed by atoms with Crippen LogP contribution < -0.4 is 9.64 Å². The predicted octanol–water partition coefficient (Wildman–Crippen LogP) is 7.03. The minimum Gasteiger partial charge on any atom is -0.495 e. The summed E-state index contributed by atoms with van der Waals surface area (Å²) < 4.78 is 5.60. The highest BCUT2D eigenvalue weighted by Gasteiger charge is 2.37. The average molecular weight is 493 g/mol. The van der Waals surface area contributed by atoms with Crippen molar-refractivity contribution in [3.05, 3.63) is 60.2 Å². The summed E-state index contributed by atoms with van der Waals surface area (Å²) in [5, 5.41) is 12.2. The summed E-state index contributed by atoms with van der Waals surface area (Å²) in [4.78, 5) is 5.05. The van der Waals surface area contributed by atoms with Crippen molar-refractivity contribution < 1.29 is 9.84 Å². The van der Waals surface area contributed by atoms with Gasteiger partial charge < -0.3 is 14.7 Å². The zero-order valence-electron chi connectivity index (χ0n) is 22.5. The van der Waals surface area contributed by atoms with Crippen molar-refractivity contribution in [3.63, 3.8) is 0 Å². The highest BCUT2D eigenvalue weighted by Crippen LogP contribution is 2.40. The van der Waals surface area contributed by atoms with Crippen LogP contribution in [0.15, 0.2) is 54.6 Å². The van der Waals surface area contributed by atoms with Gasteiger partial charge in [0.2, 0.25) is 0 Å². The number of hydrogen-bond donors (Lipinski definition) is 1.